The van der Waals surface area contributed by atoms with E-state index < -0.39 is 12.1 Å². The molecule has 1 unspecified atom stereocenters. The van der Waals surface area contributed by atoms with Crippen molar-refractivity contribution in [2.24, 2.45) is 0 Å². The van der Waals surface area contributed by atoms with E-state index in [1.807, 2.05) is 6.08 Å². The summed E-state index contributed by atoms with van der Waals surface area (Å²) >= 11 is 0. The minimum atomic E-state index is -0.831. The molecule has 0 bridgehead atoms. The fourth-order valence-electron chi connectivity index (χ4n) is 8.16. The molecule has 0 amide bonds. The Kier molecular flexibility index (Phi) is 53.8. The summed E-state index contributed by atoms with van der Waals surface area (Å²) in [5.74, 6) is -1.04. The second-order valence-electron chi connectivity index (χ2n) is 19.2. The first kappa shape index (κ1) is 64.8. The third kappa shape index (κ3) is 53.8. The molecule has 0 heterocycles. The van der Waals surface area contributed by atoms with Gasteiger partial charge in [-0.15, -0.1) is 0 Å². The highest BCUT2D eigenvalue weighted by Gasteiger charge is 2.19. The molecule has 0 saturated carbocycles. The maximum atomic E-state index is 12.8. The topological polar surface area (TPSA) is 78.9 Å². The Balaban J connectivity index is 4.40. The van der Waals surface area contributed by atoms with E-state index in [0.717, 1.165) is 83.5 Å². The van der Waals surface area contributed by atoms with Crippen molar-refractivity contribution in [1.29, 1.82) is 0 Å². The summed E-state index contributed by atoms with van der Waals surface area (Å²) < 4.78 is 16.7. The molecule has 1 atom stereocenters. The fraction of sp³-hybridized carbons (Fsp3) is 0.758. The molecule has 0 aromatic rings. The maximum Gasteiger partial charge on any atom is 0.310 e. The van der Waals surface area contributed by atoms with Crippen LogP contribution < -0.4 is 0 Å². The van der Waals surface area contributed by atoms with Crippen LogP contribution in [0.3, 0.4) is 0 Å². The summed E-state index contributed by atoms with van der Waals surface area (Å²) in [5, 5.41) is 0. The van der Waals surface area contributed by atoms with Crippen LogP contribution in [0.4, 0.5) is 0 Å². The fourth-order valence-corrected chi connectivity index (χ4v) is 8.16. The summed E-state index contributed by atoms with van der Waals surface area (Å²) in [7, 11) is 0. The average molecular weight is 950 g/mol. The molecule has 0 aromatic heterocycles. The summed E-state index contributed by atoms with van der Waals surface area (Å²) in [6, 6.07) is 0. The lowest BCUT2D eigenvalue weighted by atomic mass is 10.0. The normalized spacial score (nSPS) is 12.6. The third-order valence-corrected chi connectivity index (χ3v) is 12.5. The van der Waals surface area contributed by atoms with Gasteiger partial charge in [-0.2, -0.15) is 0 Å². The molecule has 68 heavy (non-hydrogen) atoms. The first-order chi connectivity index (χ1) is 33.5. The van der Waals surface area contributed by atoms with E-state index in [9.17, 15) is 14.4 Å². The van der Waals surface area contributed by atoms with Gasteiger partial charge in [-0.25, -0.2) is 0 Å². The van der Waals surface area contributed by atoms with Crippen molar-refractivity contribution >= 4 is 17.9 Å². The molecule has 0 fully saturated rings. The Morgan fingerprint density at radius 2 is 0.618 bits per heavy atom. The Labute approximate surface area is 421 Å². The minimum Gasteiger partial charge on any atom is -0.462 e. The third-order valence-electron chi connectivity index (χ3n) is 12.5. The first-order valence-corrected chi connectivity index (χ1v) is 28.9. The number of hydrogen-bond donors (Lipinski definition) is 0. The summed E-state index contributed by atoms with van der Waals surface area (Å²) in [6.45, 7) is 6.45. The molecule has 0 aliphatic heterocycles. The molecule has 6 heteroatoms. The molecular formula is C62H108O6. The molecular weight excluding hydrogens is 841 g/mol. The number of rotatable bonds is 52. The Hall–Kier alpha value is -3.15. The van der Waals surface area contributed by atoms with Crippen LogP contribution in [-0.4, -0.2) is 37.2 Å². The van der Waals surface area contributed by atoms with Crippen molar-refractivity contribution in [3.05, 3.63) is 72.9 Å². The number of unbranched alkanes of at least 4 members (excludes halogenated alkanes) is 30. The van der Waals surface area contributed by atoms with Crippen molar-refractivity contribution < 1.29 is 28.6 Å². The van der Waals surface area contributed by atoms with Crippen molar-refractivity contribution in [1.82, 2.24) is 0 Å². The van der Waals surface area contributed by atoms with Gasteiger partial charge in [0.2, 0.25) is 0 Å². The van der Waals surface area contributed by atoms with Crippen LogP contribution in [0.15, 0.2) is 72.9 Å². The molecule has 6 nitrogen and oxygen atoms in total. The van der Waals surface area contributed by atoms with Crippen LogP contribution in [0.1, 0.15) is 284 Å². The molecule has 0 rings (SSSR count). The number of esters is 3. The zero-order valence-electron chi connectivity index (χ0n) is 44.9. The SMILES string of the molecule is CC/C=C\C/C=C\C/C=C\C/C=C\C/C=C\CC(=O)OC(COC(=O)CCCCCCC/C=C\CCCCCCC)COC(=O)CCCCCCCCCCCCCCCCCCCCCCC. The Morgan fingerprint density at radius 1 is 0.324 bits per heavy atom. The van der Waals surface area contributed by atoms with Gasteiger partial charge in [-0.1, -0.05) is 267 Å². The van der Waals surface area contributed by atoms with Gasteiger partial charge in [0.25, 0.3) is 0 Å². The van der Waals surface area contributed by atoms with Crippen molar-refractivity contribution in [2.45, 2.75) is 290 Å². The van der Waals surface area contributed by atoms with Gasteiger partial charge in [-0.3, -0.25) is 14.4 Å². The molecule has 0 N–H and O–H groups in total. The summed E-state index contributed by atoms with van der Waals surface area (Å²) in [5.41, 5.74) is 0. The van der Waals surface area contributed by atoms with Gasteiger partial charge >= 0.3 is 17.9 Å². The van der Waals surface area contributed by atoms with Gasteiger partial charge in [0.15, 0.2) is 6.10 Å². The summed E-state index contributed by atoms with van der Waals surface area (Å²) in [4.78, 5) is 38.1. The molecule has 0 radical (unpaired) electrons. The van der Waals surface area contributed by atoms with Crippen LogP contribution in [0.2, 0.25) is 0 Å². The number of carbonyl (C=O) groups is 3. The van der Waals surface area contributed by atoms with E-state index in [-0.39, 0.29) is 31.6 Å². The number of hydrogen-bond acceptors (Lipinski definition) is 6. The second-order valence-corrected chi connectivity index (χ2v) is 19.2. The van der Waals surface area contributed by atoms with Crippen molar-refractivity contribution in [3.8, 4) is 0 Å². The largest absolute Gasteiger partial charge is 0.462 e. The highest BCUT2D eigenvalue weighted by Crippen LogP contribution is 2.16. The van der Waals surface area contributed by atoms with E-state index >= 15 is 0 Å². The highest BCUT2D eigenvalue weighted by molar-refractivity contribution is 5.72. The zero-order valence-corrected chi connectivity index (χ0v) is 44.9. The average Bonchev–Trinajstić information content (AvgIpc) is 3.34. The van der Waals surface area contributed by atoms with E-state index in [1.54, 1.807) is 6.08 Å². The van der Waals surface area contributed by atoms with E-state index in [2.05, 4.69) is 81.5 Å². The van der Waals surface area contributed by atoms with Gasteiger partial charge in [0, 0.05) is 12.8 Å². The molecule has 392 valence electrons. The van der Waals surface area contributed by atoms with Crippen LogP contribution in [0.25, 0.3) is 0 Å². The number of ether oxygens (including phenoxy) is 3. The predicted octanol–water partition coefficient (Wildman–Crippen LogP) is 19.4. The summed E-state index contributed by atoms with van der Waals surface area (Å²) in [6.07, 6.45) is 72.1. The van der Waals surface area contributed by atoms with E-state index in [1.165, 1.54) is 161 Å². The lowest BCUT2D eigenvalue weighted by Crippen LogP contribution is -2.30. The van der Waals surface area contributed by atoms with Gasteiger partial charge < -0.3 is 14.2 Å². The lowest BCUT2D eigenvalue weighted by molar-refractivity contribution is -0.166. The maximum absolute atomic E-state index is 12.8. The van der Waals surface area contributed by atoms with Crippen molar-refractivity contribution in [3.63, 3.8) is 0 Å². The lowest BCUT2D eigenvalue weighted by Gasteiger charge is -2.18. The second kappa shape index (κ2) is 56.4. The van der Waals surface area contributed by atoms with Gasteiger partial charge in [0.05, 0.1) is 6.42 Å². The quantitative estimate of drug-likeness (QED) is 0.0262. The first-order valence-electron chi connectivity index (χ1n) is 28.9. The molecule has 0 aromatic carbocycles. The van der Waals surface area contributed by atoms with Gasteiger partial charge in [-0.05, 0) is 70.6 Å². The molecule has 0 aliphatic carbocycles. The Morgan fingerprint density at radius 3 is 0.956 bits per heavy atom. The smallest absolute Gasteiger partial charge is 0.310 e. The standard InChI is InChI=1S/C62H108O6/c1-4-7-10-13-16-19-22-25-28-29-30-31-32-33-35-37-40-43-46-49-52-55-61(64)67-58-59(57-66-60(63)54-51-48-45-42-39-36-27-24-21-18-15-12-9-6-3)68-62(65)56-53-50-47-44-41-38-34-26-23-20-17-14-11-8-5-2/h8,11,17,20,24,26-27,34,41,44,50,53,59H,4-7,9-10,12-16,18-19,21-23,25,28-33,35-40,42-43,45-49,51-52,54-58H2,1-3H3/b11-8-,20-17-,27-24-,34-26-,44-41-,53-50-. The number of allylic oxidation sites excluding steroid dienone is 11. The van der Waals surface area contributed by atoms with Crippen LogP contribution in [-0.2, 0) is 28.6 Å². The molecule has 0 saturated heterocycles. The predicted molar refractivity (Wildman–Crippen MR) is 293 cm³/mol. The zero-order chi connectivity index (χ0) is 49.3. The van der Waals surface area contributed by atoms with Crippen LogP contribution in [0, 0.1) is 0 Å². The number of carbonyl (C=O) groups excluding carboxylic acids is 3. The van der Waals surface area contributed by atoms with E-state index in [0.29, 0.717) is 12.8 Å². The monoisotopic (exact) mass is 949 g/mol. The van der Waals surface area contributed by atoms with Crippen molar-refractivity contribution in [2.75, 3.05) is 13.2 Å². The minimum absolute atomic E-state index is 0.0974. The van der Waals surface area contributed by atoms with E-state index in [4.69, 9.17) is 14.2 Å². The Bertz CT molecular complexity index is 1270. The van der Waals surface area contributed by atoms with Crippen LogP contribution >= 0.6 is 0 Å². The molecule has 0 aliphatic rings. The molecule has 0 spiro atoms. The highest BCUT2D eigenvalue weighted by atomic mass is 16.6. The van der Waals surface area contributed by atoms with Gasteiger partial charge in [0.1, 0.15) is 13.2 Å². The van der Waals surface area contributed by atoms with Crippen LogP contribution in [0.5, 0.6) is 0 Å².